The predicted molar refractivity (Wildman–Crippen MR) is 110 cm³/mol. The number of carbonyl (C=O) groups is 2. The lowest BCUT2D eigenvalue weighted by Crippen LogP contribution is -2.17. The largest absolute Gasteiger partial charge is 0.494 e. The Morgan fingerprint density at radius 1 is 0.857 bits per heavy atom. The van der Waals surface area contributed by atoms with E-state index < -0.39 is 11.8 Å². The second-order valence-corrected chi connectivity index (χ2v) is 7.92. The fourth-order valence-corrected chi connectivity index (χ4v) is 2.71. The van der Waals surface area contributed by atoms with Gasteiger partial charge < -0.3 is 9.47 Å². The molecule has 0 spiro atoms. The summed E-state index contributed by atoms with van der Waals surface area (Å²) in [6.45, 7) is 7.28. The van der Waals surface area contributed by atoms with Crippen LogP contribution in [-0.4, -0.2) is 18.4 Å². The molecular formula is C24H30O4. The minimum atomic E-state index is -0.751. The van der Waals surface area contributed by atoms with Crippen molar-refractivity contribution in [1.82, 2.24) is 0 Å². The van der Waals surface area contributed by atoms with E-state index >= 15 is 0 Å². The number of rotatable bonds is 10. The lowest BCUT2D eigenvalue weighted by Gasteiger charge is -2.19. The molecule has 4 heteroatoms. The van der Waals surface area contributed by atoms with Crippen LogP contribution in [0.5, 0.6) is 5.75 Å². The monoisotopic (exact) mass is 382 g/mol. The molecule has 0 heterocycles. The van der Waals surface area contributed by atoms with Crippen LogP contribution in [0.25, 0.3) is 0 Å². The average Bonchev–Trinajstić information content (AvgIpc) is 2.69. The van der Waals surface area contributed by atoms with Gasteiger partial charge in [-0.2, -0.15) is 0 Å². The maximum atomic E-state index is 11.8. The summed E-state index contributed by atoms with van der Waals surface area (Å²) in [6, 6.07) is 17.5. The summed E-state index contributed by atoms with van der Waals surface area (Å²) in [5.74, 6) is -0.359. The number of ketones is 1. The first-order chi connectivity index (χ1) is 13.4. The minimum Gasteiger partial charge on any atom is -0.494 e. The van der Waals surface area contributed by atoms with Crippen molar-refractivity contribution in [1.29, 1.82) is 0 Å². The highest BCUT2D eigenvalue weighted by atomic mass is 16.5. The summed E-state index contributed by atoms with van der Waals surface area (Å²) < 4.78 is 10.8. The second-order valence-electron chi connectivity index (χ2n) is 7.92. The lowest BCUT2D eigenvalue weighted by molar-refractivity contribution is -0.154. The molecule has 0 saturated heterocycles. The first kappa shape index (κ1) is 21.7. The third-order valence-electron chi connectivity index (χ3n) is 4.48. The van der Waals surface area contributed by atoms with Gasteiger partial charge in [-0.15, -0.1) is 0 Å². The Morgan fingerprint density at radius 2 is 1.54 bits per heavy atom. The van der Waals surface area contributed by atoms with Gasteiger partial charge in [0.2, 0.25) is 5.78 Å². The molecule has 4 nitrogen and oxygen atoms in total. The van der Waals surface area contributed by atoms with Crippen molar-refractivity contribution in [3.63, 3.8) is 0 Å². The van der Waals surface area contributed by atoms with E-state index in [9.17, 15) is 9.59 Å². The van der Waals surface area contributed by atoms with Crippen LogP contribution in [0.2, 0.25) is 0 Å². The minimum absolute atomic E-state index is 0.132. The normalized spacial score (nSPS) is 11.1. The van der Waals surface area contributed by atoms with Crippen LogP contribution in [0, 0.1) is 0 Å². The van der Waals surface area contributed by atoms with Crippen LogP contribution in [0.1, 0.15) is 57.6 Å². The third-order valence-corrected chi connectivity index (χ3v) is 4.48. The quantitative estimate of drug-likeness (QED) is 0.320. The summed E-state index contributed by atoms with van der Waals surface area (Å²) in [5, 5.41) is 0. The maximum absolute atomic E-state index is 11.8. The topological polar surface area (TPSA) is 52.6 Å². The zero-order chi connectivity index (χ0) is 20.4. The molecule has 150 valence electrons. The van der Waals surface area contributed by atoms with E-state index in [4.69, 9.17) is 9.47 Å². The van der Waals surface area contributed by atoms with Gasteiger partial charge in [0.15, 0.2) is 0 Å². The standard InChI is InChI=1S/C24H30O4/c1-24(2,3)20-13-15-21(16-14-20)27-17-9-5-8-12-22(25)23(26)28-18-19-10-6-4-7-11-19/h4,6-7,10-11,13-16H,5,8-9,12,17-18H2,1-3H3. The summed E-state index contributed by atoms with van der Waals surface area (Å²) in [6.07, 6.45) is 2.55. The van der Waals surface area contributed by atoms with Gasteiger partial charge in [-0.1, -0.05) is 63.2 Å². The molecular weight excluding hydrogens is 352 g/mol. The lowest BCUT2D eigenvalue weighted by atomic mass is 9.87. The zero-order valence-electron chi connectivity index (χ0n) is 17.1. The van der Waals surface area contributed by atoms with Gasteiger partial charge in [0.1, 0.15) is 12.4 Å². The molecule has 0 radical (unpaired) electrons. The van der Waals surface area contributed by atoms with E-state index in [-0.39, 0.29) is 18.4 Å². The smallest absolute Gasteiger partial charge is 0.374 e. The number of ether oxygens (including phenoxy) is 2. The Hall–Kier alpha value is -2.62. The Bertz CT molecular complexity index is 742. The average molecular weight is 382 g/mol. The number of hydrogen-bond donors (Lipinski definition) is 0. The van der Waals surface area contributed by atoms with Gasteiger partial charge in [0, 0.05) is 6.42 Å². The molecule has 2 aromatic carbocycles. The van der Waals surface area contributed by atoms with Crippen molar-refractivity contribution >= 4 is 11.8 Å². The molecule has 0 unspecified atom stereocenters. The van der Waals surface area contributed by atoms with E-state index in [0.717, 1.165) is 24.2 Å². The van der Waals surface area contributed by atoms with E-state index in [1.54, 1.807) is 0 Å². The van der Waals surface area contributed by atoms with Crippen LogP contribution >= 0.6 is 0 Å². The molecule has 2 rings (SSSR count). The Morgan fingerprint density at radius 3 is 2.18 bits per heavy atom. The number of Topliss-reactive ketones (excluding diaryl/α,β-unsaturated/α-hetero) is 1. The SMILES string of the molecule is CC(C)(C)c1ccc(OCCCCCC(=O)C(=O)OCc2ccccc2)cc1. The Balaban J connectivity index is 1.57. The van der Waals surface area contributed by atoms with Crippen LogP contribution in [0.3, 0.4) is 0 Å². The molecule has 0 fully saturated rings. The molecule has 0 saturated carbocycles. The summed E-state index contributed by atoms with van der Waals surface area (Å²) in [4.78, 5) is 23.5. The van der Waals surface area contributed by atoms with E-state index in [1.807, 2.05) is 42.5 Å². The first-order valence-corrected chi connectivity index (χ1v) is 9.83. The van der Waals surface area contributed by atoms with Crippen molar-refractivity contribution in [2.75, 3.05) is 6.61 Å². The number of hydrogen-bond acceptors (Lipinski definition) is 4. The van der Waals surface area contributed by atoms with Crippen molar-refractivity contribution in [3.05, 3.63) is 65.7 Å². The Kier molecular flexibility index (Phi) is 8.24. The van der Waals surface area contributed by atoms with Gasteiger partial charge in [0.25, 0.3) is 0 Å². The number of esters is 1. The summed E-state index contributed by atoms with van der Waals surface area (Å²) >= 11 is 0. The molecule has 0 aliphatic heterocycles. The fourth-order valence-electron chi connectivity index (χ4n) is 2.71. The molecule has 0 bridgehead atoms. The second kappa shape index (κ2) is 10.6. The van der Waals surface area contributed by atoms with Crippen LogP contribution < -0.4 is 4.74 Å². The van der Waals surface area contributed by atoms with E-state index in [1.165, 1.54) is 5.56 Å². The van der Waals surface area contributed by atoms with E-state index in [0.29, 0.717) is 13.0 Å². The molecule has 0 aromatic heterocycles. The van der Waals surface area contributed by atoms with Crippen molar-refractivity contribution in [3.8, 4) is 5.75 Å². The number of benzene rings is 2. The highest BCUT2D eigenvalue weighted by molar-refractivity contribution is 6.33. The fraction of sp³-hybridized carbons (Fsp3) is 0.417. The number of carbonyl (C=O) groups excluding carboxylic acids is 2. The van der Waals surface area contributed by atoms with Gasteiger partial charge >= 0.3 is 5.97 Å². The van der Waals surface area contributed by atoms with Crippen LogP contribution in [0.4, 0.5) is 0 Å². The Labute approximate surface area is 167 Å². The van der Waals surface area contributed by atoms with E-state index in [2.05, 4.69) is 32.9 Å². The van der Waals surface area contributed by atoms with Gasteiger partial charge in [0.05, 0.1) is 6.61 Å². The molecule has 0 amide bonds. The van der Waals surface area contributed by atoms with Crippen molar-refractivity contribution in [2.45, 2.75) is 58.5 Å². The molecule has 2 aromatic rings. The van der Waals surface area contributed by atoms with Gasteiger partial charge in [-0.05, 0) is 47.9 Å². The first-order valence-electron chi connectivity index (χ1n) is 9.83. The highest BCUT2D eigenvalue weighted by Gasteiger charge is 2.15. The maximum Gasteiger partial charge on any atom is 0.374 e. The molecule has 0 aliphatic rings. The molecule has 0 atom stereocenters. The summed E-state index contributed by atoms with van der Waals surface area (Å²) in [7, 11) is 0. The zero-order valence-corrected chi connectivity index (χ0v) is 17.1. The summed E-state index contributed by atoms with van der Waals surface area (Å²) in [5.41, 5.74) is 2.28. The van der Waals surface area contributed by atoms with Crippen LogP contribution in [0.15, 0.2) is 54.6 Å². The highest BCUT2D eigenvalue weighted by Crippen LogP contribution is 2.24. The van der Waals surface area contributed by atoms with Crippen LogP contribution in [-0.2, 0) is 26.3 Å². The van der Waals surface area contributed by atoms with Gasteiger partial charge in [-0.25, -0.2) is 4.79 Å². The number of unbranched alkanes of at least 4 members (excludes halogenated alkanes) is 2. The van der Waals surface area contributed by atoms with Gasteiger partial charge in [-0.3, -0.25) is 4.79 Å². The molecule has 28 heavy (non-hydrogen) atoms. The molecule has 0 aliphatic carbocycles. The van der Waals surface area contributed by atoms with Crippen molar-refractivity contribution < 1.29 is 19.1 Å². The predicted octanol–water partition coefficient (Wildman–Crippen LogP) is 5.24. The third kappa shape index (κ3) is 7.55. The molecule has 0 N–H and O–H groups in total. The van der Waals surface area contributed by atoms with Crippen molar-refractivity contribution in [2.24, 2.45) is 0 Å².